The van der Waals surface area contributed by atoms with Crippen LogP contribution in [0.2, 0.25) is 0 Å². The molecule has 1 amide bonds. The van der Waals surface area contributed by atoms with Gasteiger partial charge in [-0.25, -0.2) is 4.39 Å². The number of nitrogens with one attached hydrogen (secondary N) is 1. The summed E-state index contributed by atoms with van der Waals surface area (Å²) in [4.78, 5) is 10.00. The van der Waals surface area contributed by atoms with Crippen molar-refractivity contribution >= 4 is 6.41 Å². The smallest absolute Gasteiger partial charge is 0.207 e. The lowest BCUT2D eigenvalue weighted by atomic mass is 10.1. The highest BCUT2D eigenvalue weighted by Crippen LogP contribution is 2.22. The third-order valence-electron chi connectivity index (χ3n) is 1.87. The lowest BCUT2D eigenvalue weighted by molar-refractivity contribution is -0.109. The van der Waals surface area contributed by atoms with Crippen LogP contribution in [0.5, 0.6) is 5.75 Å². The van der Waals surface area contributed by atoms with E-state index in [1.54, 1.807) is 6.92 Å². The summed E-state index contributed by atoms with van der Waals surface area (Å²) >= 11 is 0. The Bertz CT molecular complexity index is 326. The molecular weight excluding hydrogens is 173 g/mol. The molecule has 1 aromatic carbocycles. The lowest BCUT2D eigenvalue weighted by Gasteiger charge is -2.07. The molecule has 0 unspecified atom stereocenters. The summed E-state index contributed by atoms with van der Waals surface area (Å²) in [5.41, 5.74) is 0.765. The highest BCUT2D eigenvalue weighted by Gasteiger charge is 2.08. The number of phenolic OH excluding ortho intramolecular Hbond substituents is 1. The van der Waals surface area contributed by atoms with Crippen molar-refractivity contribution in [3.05, 3.63) is 29.1 Å². The van der Waals surface area contributed by atoms with Crippen LogP contribution in [-0.4, -0.2) is 11.5 Å². The van der Waals surface area contributed by atoms with Crippen molar-refractivity contribution in [1.82, 2.24) is 5.32 Å². The molecule has 0 saturated carbocycles. The molecule has 13 heavy (non-hydrogen) atoms. The quantitative estimate of drug-likeness (QED) is 0.689. The van der Waals surface area contributed by atoms with Crippen LogP contribution in [0.15, 0.2) is 12.1 Å². The van der Waals surface area contributed by atoms with E-state index in [-0.39, 0.29) is 18.1 Å². The number of carbonyl (C=O) groups excluding carboxylic acids is 1. The number of hydrogen-bond acceptors (Lipinski definition) is 2. The second-order valence-corrected chi connectivity index (χ2v) is 2.67. The maximum atomic E-state index is 13.0. The minimum absolute atomic E-state index is 0.00625. The molecule has 1 rings (SSSR count). The Morgan fingerprint density at radius 2 is 2.31 bits per heavy atom. The molecule has 3 nitrogen and oxygen atoms in total. The zero-order valence-corrected chi connectivity index (χ0v) is 7.17. The molecule has 4 heteroatoms. The topological polar surface area (TPSA) is 49.3 Å². The molecule has 2 N–H and O–H groups in total. The van der Waals surface area contributed by atoms with Crippen LogP contribution >= 0.6 is 0 Å². The first-order valence-corrected chi connectivity index (χ1v) is 3.80. The standard InChI is InChI=1S/C9H10FNO2/c1-6-7(4-11-5-12)9(13)3-2-8(6)10/h2-3,5,13H,4H2,1H3,(H,11,12). The predicted molar refractivity (Wildman–Crippen MR) is 45.7 cm³/mol. The number of phenols is 1. The van der Waals surface area contributed by atoms with Crippen LogP contribution in [0.1, 0.15) is 11.1 Å². The minimum Gasteiger partial charge on any atom is -0.508 e. The van der Waals surface area contributed by atoms with Gasteiger partial charge in [0, 0.05) is 12.1 Å². The van der Waals surface area contributed by atoms with E-state index < -0.39 is 0 Å². The van der Waals surface area contributed by atoms with Gasteiger partial charge in [-0.15, -0.1) is 0 Å². The molecule has 0 fully saturated rings. The first-order chi connectivity index (χ1) is 6.16. The fourth-order valence-corrected chi connectivity index (χ4v) is 1.08. The molecule has 0 aliphatic rings. The number of rotatable bonds is 3. The van der Waals surface area contributed by atoms with Crippen LogP contribution in [0.4, 0.5) is 4.39 Å². The summed E-state index contributed by atoms with van der Waals surface area (Å²) < 4.78 is 13.0. The Morgan fingerprint density at radius 1 is 1.62 bits per heavy atom. The molecule has 1 aromatic rings. The van der Waals surface area contributed by atoms with Gasteiger partial charge in [-0.3, -0.25) is 4.79 Å². The van der Waals surface area contributed by atoms with Gasteiger partial charge in [-0.1, -0.05) is 0 Å². The molecular formula is C9H10FNO2. The van der Waals surface area contributed by atoms with Gasteiger partial charge >= 0.3 is 0 Å². The van der Waals surface area contributed by atoms with E-state index in [1.165, 1.54) is 12.1 Å². The van der Waals surface area contributed by atoms with Crippen molar-refractivity contribution in [3.63, 3.8) is 0 Å². The number of carbonyl (C=O) groups is 1. The van der Waals surface area contributed by atoms with Gasteiger partial charge in [-0.2, -0.15) is 0 Å². The Kier molecular flexibility index (Phi) is 2.84. The lowest BCUT2D eigenvalue weighted by Crippen LogP contribution is -2.11. The third-order valence-corrected chi connectivity index (χ3v) is 1.87. The van der Waals surface area contributed by atoms with Crippen molar-refractivity contribution in [2.45, 2.75) is 13.5 Å². The van der Waals surface area contributed by atoms with Gasteiger partial charge in [0.2, 0.25) is 6.41 Å². The summed E-state index contributed by atoms with van der Waals surface area (Å²) in [7, 11) is 0. The van der Waals surface area contributed by atoms with Gasteiger partial charge in [0.05, 0.1) is 0 Å². The normalized spacial score (nSPS) is 9.69. The first kappa shape index (κ1) is 9.51. The third kappa shape index (κ3) is 1.96. The van der Waals surface area contributed by atoms with Crippen LogP contribution in [0.3, 0.4) is 0 Å². The number of hydrogen-bond donors (Lipinski definition) is 2. The second kappa shape index (κ2) is 3.89. The fourth-order valence-electron chi connectivity index (χ4n) is 1.08. The van der Waals surface area contributed by atoms with E-state index in [2.05, 4.69) is 5.32 Å². The monoisotopic (exact) mass is 183 g/mol. The fraction of sp³-hybridized carbons (Fsp3) is 0.222. The van der Waals surface area contributed by atoms with Gasteiger partial charge < -0.3 is 10.4 Å². The number of halogens is 1. The van der Waals surface area contributed by atoms with Crippen LogP contribution < -0.4 is 5.32 Å². The van der Waals surface area contributed by atoms with E-state index in [0.29, 0.717) is 17.5 Å². The predicted octanol–water partition coefficient (Wildman–Crippen LogP) is 1.09. The van der Waals surface area contributed by atoms with Gasteiger partial charge in [0.25, 0.3) is 0 Å². The van der Waals surface area contributed by atoms with Crippen LogP contribution in [0.25, 0.3) is 0 Å². The zero-order chi connectivity index (χ0) is 9.84. The van der Waals surface area contributed by atoms with Crippen molar-refractivity contribution in [3.8, 4) is 5.75 Å². The summed E-state index contributed by atoms with van der Waals surface area (Å²) in [5, 5.41) is 11.7. The maximum absolute atomic E-state index is 13.0. The van der Waals surface area contributed by atoms with E-state index in [9.17, 15) is 14.3 Å². The first-order valence-electron chi connectivity index (χ1n) is 3.80. The van der Waals surface area contributed by atoms with Crippen molar-refractivity contribution in [2.75, 3.05) is 0 Å². The number of aromatic hydroxyl groups is 1. The average molecular weight is 183 g/mol. The summed E-state index contributed by atoms with van der Waals surface area (Å²) in [6.07, 6.45) is 0.504. The molecule has 0 saturated heterocycles. The zero-order valence-electron chi connectivity index (χ0n) is 7.17. The Balaban J connectivity index is 3.02. The van der Waals surface area contributed by atoms with Gasteiger partial charge in [-0.05, 0) is 24.6 Å². The van der Waals surface area contributed by atoms with Crippen LogP contribution in [-0.2, 0) is 11.3 Å². The van der Waals surface area contributed by atoms with Crippen molar-refractivity contribution < 1.29 is 14.3 Å². The van der Waals surface area contributed by atoms with Crippen LogP contribution in [0, 0.1) is 12.7 Å². The van der Waals surface area contributed by atoms with E-state index >= 15 is 0 Å². The molecule has 70 valence electrons. The van der Waals surface area contributed by atoms with Crippen molar-refractivity contribution in [2.24, 2.45) is 0 Å². The van der Waals surface area contributed by atoms with E-state index in [1.807, 2.05) is 0 Å². The number of benzene rings is 1. The van der Waals surface area contributed by atoms with E-state index in [0.717, 1.165) is 0 Å². The van der Waals surface area contributed by atoms with Gasteiger partial charge in [0.1, 0.15) is 11.6 Å². The average Bonchev–Trinajstić information content (AvgIpc) is 2.12. The highest BCUT2D eigenvalue weighted by molar-refractivity contribution is 5.48. The largest absolute Gasteiger partial charge is 0.508 e. The highest BCUT2D eigenvalue weighted by atomic mass is 19.1. The molecule has 0 aromatic heterocycles. The summed E-state index contributed by atoms with van der Waals surface area (Å²) in [5.74, 6) is -0.395. The maximum Gasteiger partial charge on any atom is 0.207 e. The molecule has 0 spiro atoms. The Labute approximate surface area is 75.2 Å². The number of amides is 1. The molecule has 0 bridgehead atoms. The molecule has 0 aliphatic carbocycles. The Hall–Kier alpha value is -1.58. The Morgan fingerprint density at radius 3 is 2.92 bits per heavy atom. The summed E-state index contributed by atoms with van der Waals surface area (Å²) in [6.45, 7) is 1.69. The SMILES string of the molecule is Cc1c(F)ccc(O)c1CNC=O. The molecule has 0 atom stereocenters. The molecule has 0 aliphatic heterocycles. The van der Waals surface area contributed by atoms with E-state index in [4.69, 9.17) is 0 Å². The van der Waals surface area contributed by atoms with Gasteiger partial charge in [0.15, 0.2) is 0 Å². The van der Waals surface area contributed by atoms with Crippen molar-refractivity contribution in [1.29, 1.82) is 0 Å². The molecule has 0 radical (unpaired) electrons. The second-order valence-electron chi connectivity index (χ2n) is 2.67. The minimum atomic E-state index is -0.388. The molecule has 0 heterocycles. The summed E-state index contributed by atoms with van der Waals surface area (Å²) in [6, 6.07) is 2.46.